The lowest BCUT2D eigenvalue weighted by Crippen LogP contribution is -2.08. The van der Waals surface area contributed by atoms with Crippen molar-refractivity contribution in [2.75, 3.05) is 0 Å². The van der Waals surface area contributed by atoms with Gasteiger partial charge in [0, 0.05) is 0 Å². The van der Waals surface area contributed by atoms with Crippen molar-refractivity contribution >= 4 is 29.4 Å². The summed E-state index contributed by atoms with van der Waals surface area (Å²) in [5.74, 6) is -0.622. The fraction of sp³-hybridized carbons (Fsp3) is 0.667. The molecule has 0 spiro atoms. The van der Waals surface area contributed by atoms with Gasteiger partial charge >= 0.3 is 5.97 Å². The molecule has 0 saturated heterocycles. The van der Waals surface area contributed by atoms with Gasteiger partial charge in [-0.25, -0.2) is 4.79 Å². The smallest absolute Gasteiger partial charge is 0.342 e. The highest BCUT2D eigenvalue weighted by molar-refractivity contribution is 6.31. The van der Waals surface area contributed by atoms with Gasteiger partial charge in [0.15, 0.2) is 0 Å². The van der Waals surface area contributed by atoms with Crippen LogP contribution in [0, 0.1) is 0 Å². The molecular formula is C3H4Cl2O2. The molecule has 0 aromatic rings. The molecule has 0 heterocycles. The average Bonchev–Trinajstić information content (AvgIpc) is 1.65. The molecule has 0 aliphatic heterocycles. The topological polar surface area (TPSA) is 26.3 Å². The molecule has 0 fully saturated rings. The van der Waals surface area contributed by atoms with E-state index in [1.165, 1.54) is 6.92 Å². The molecule has 0 aromatic carbocycles. The Morgan fingerprint density at radius 3 is 2.29 bits per heavy atom. The van der Waals surface area contributed by atoms with E-state index in [0.29, 0.717) is 0 Å². The van der Waals surface area contributed by atoms with Gasteiger partial charge in [0.2, 0.25) is 0 Å². The molecule has 42 valence electrons. The van der Waals surface area contributed by atoms with Gasteiger partial charge in [-0.1, -0.05) is 0 Å². The second kappa shape index (κ2) is 3.10. The highest BCUT2D eigenvalue weighted by Gasteiger charge is 2.07. The first-order chi connectivity index (χ1) is 3.18. The number of carbonyl (C=O) groups is 1. The van der Waals surface area contributed by atoms with Gasteiger partial charge in [-0.15, -0.1) is 11.6 Å². The summed E-state index contributed by atoms with van der Waals surface area (Å²) in [6.45, 7) is 1.48. The van der Waals surface area contributed by atoms with Crippen LogP contribution in [0.3, 0.4) is 0 Å². The van der Waals surface area contributed by atoms with Crippen LogP contribution in [-0.2, 0) is 9.08 Å². The number of halogens is 2. The summed E-state index contributed by atoms with van der Waals surface area (Å²) >= 11 is 9.78. The average molecular weight is 143 g/mol. The first kappa shape index (κ1) is 7.05. The zero-order valence-corrected chi connectivity index (χ0v) is 5.16. The third kappa shape index (κ3) is 2.71. The summed E-state index contributed by atoms with van der Waals surface area (Å²) in [6.07, 6.45) is 0. The van der Waals surface area contributed by atoms with Crippen LogP contribution in [0.2, 0.25) is 0 Å². The first-order valence-electron chi connectivity index (χ1n) is 1.65. The van der Waals surface area contributed by atoms with Gasteiger partial charge in [-0.3, -0.25) is 0 Å². The molecule has 4 heteroatoms. The zero-order chi connectivity index (χ0) is 5.86. The Morgan fingerprint density at radius 1 is 1.86 bits per heavy atom. The van der Waals surface area contributed by atoms with Gasteiger partial charge in [0.1, 0.15) is 17.2 Å². The molecule has 0 radical (unpaired) electrons. The molecule has 1 unspecified atom stereocenters. The minimum atomic E-state index is -0.655. The predicted molar refractivity (Wildman–Crippen MR) is 27.3 cm³/mol. The van der Waals surface area contributed by atoms with Crippen molar-refractivity contribution in [3.8, 4) is 0 Å². The van der Waals surface area contributed by atoms with E-state index in [0.717, 1.165) is 0 Å². The maximum atomic E-state index is 10.0. The normalized spacial score (nSPS) is 13.0. The van der Waals surface area contributed by atoms with Crippen LogP contribution in [0.5, 0.6) is 0 Å². The van der Waals surface area contributed by atoms with Crippen LogP contribution >= 0.6 is 23.5 Å². The van der Waals surface area contributed by atoms with Gasteiger partial charge in [0.25, 0.3) is 0 Å². The molecular weight excluding hydrogens is 139 g/mol. The summed E-state index contributed by atoms with van der Waals surface area (Å²) in [7, 11) is 0. The van der Waals surface area contributed by atoms with Crippen molar-refractivity contribution in [2.24, 2.45) is 0 Å². The minimum absolute atomic E-state index is 0.622. The minimum Gasteiger partial charge on any atom is -0.346 e. The van der Waals surface area contributed by atoms with Crippen molar-refractivity contribution in [3.63, 3.8) is 0 Å². The van der Waals surface area contributed by atoms with E-state index >= 15 is 0 Å². The van der Waals surface area contributed by atoms with Crippen molar-refractivity contribution < 1.29 is 9.08 Å². The standard InChI is InChI=1S/C3H4Cl2O2/c1-2(4)3(6)7-5/h2H,1H3. The van der Waals surface area contributed by atoms with Crippen LogP contribution in [-0.4, -0.2) is 11.3 Å². The molecule has 0 aromatic heterocycles. The SMILES string of the molecule is CC(Cl)C(=O)OCl. The Bertz CT molecular complexity index is 71.3. The Kier molecular flexibility index (Phi) is 3.13. The van der Waals surface area contributed by atoms with Crippen molar-refractivity contribution in [3.05, 3.63) is 0 Å². The molecule has 0 aliphatic carbocycles. The van der Waals surface area contributed by atoms with E-state index in [2.05, 4.69) is 16.2 Å². The highest BCUT2D eigenvalue weighted by Crippen LogP contribution is 1.97. The summed E-state index contributed by atoms with van der Waals surface area (Å²) in [5.41, 5.74) is 0. The van der Waals surface area contributed by atoms with E-state index in [1.54, 1.807) is 0 Å². The lowest BCUT2D eigenvalue weighted by molar-refractivity contribution is -0.133. The van der Waals surface area contributed by atoms with Crippen LogP contribution in [0.15, 0.2) is 0 Å². The van der Waals surface area contributed by atoms with Crippen molar-refractivity contribution in [2.45, 2.75) is 12.3 Å². The Morgan fingerprint density at radius 2 is 2.29 bits per heavy atom. The molecule has 0 amide bonds. The number of carbonyl (C=O) groups excluding carboxylic acids is 1. The molecule has 7 heavy (non-hydrogen) atoms. The van der Waals surface area contributed by atoms with E-state index in [-0.39, 0.29) is 0 Å². The molecule has 0 saturated carbocycles. The van der Waals surface area contributed by atoms with Crippen LogP contribution < -0.4 is 0 Å². The molecule has 0 N–H and O–H groups in total. The summed E-state index contributed by atoms with van der Waals surface area (Å²) < 4.78 is 3.71. The third-order valence-corrected chi connectivity index (χ3v) is 0.731. The molecule has 0 bridgehead atoms. The Balaban J connectivity index is 3.35. The molecule has 0 rings (SSSR count). The predicted octanol–water partition coefficient (Wildman–Crippen LogP) is 1.31. The summed E-state index contributed by atoms with van der Waals surface area (Å²) in [6, 6.07) is 0. The Hall–Kier alpha value is 0.0500. The largest absolute Gasteiger partial charge is 0.346 e. The highest BCUT2D eigenvalue weighted by atomic mass is 35.5. The zero-order valence-electron chi connectivity index (χ0n) is 3.65. The van der Waals surface area contributed by atoms with Crippen molar-refractivity contribution in [1.29, 1.82) is 0 Å². The molecule has 2 nitrogen and oxygen atoms in total. The van der Waals surface area contributed by atoms with Gasteiger partial charge in [-0.2, -0.15) is 0 Å². The lowest BCUT2D eigenvalue weighted by Gasteiger charge is -1.92. The van der Waals surface area contributed by atoms with Crippen LogP contribution in [0.25, 0.3) is 0 Å². The van der Waals surface area contributed by atoms with E-state index in [4.69, 9.17) is 11.6 Å². The van der Waals surface area contributed by atoms with Crippen LogP contribution in [0.1, 0.15) is 6.92 Å². The van der Waals surface area contributed by atoms with Gasteiger partial charge in [-0.05, 0) is 6.92 Å². The van der Waals surface area contributed by atoms with E-state index in [9.17, 15) is 4.79 Å². The molecule has 0 aliphatic rings. The lowest BCUT2D eigenvalue weighted by atomic mass is 10.5. The Labute approximate surface area is 51.5 Å². The summed E-state index contributed by atoms with van der Waals surface area (Å²) in [4.78, 5) is 10.0. The number of hydrogen-bond donors (Lipinski definition) is 0. The third-order valence-electron chi connectivity index (χ3n) is 0.401. The number of hydrogen-bond acceptors (Lipinski definition) is 2. The fourth-order valence-corrected chi connectivity index (χ4v) is 0.285. The number of alkyl halides is 1. The quantitative estimate of drug-likeness (QED) is 0.517. The van der Waals surface area contributed by atoms with E-state index < -0.39 is 11.3 Å². The van der Waals surface area contributed by atoms with Gasteiger partial charge in [0.05, 0.1) is 0 Å². The van der Waals surface area contributed by atoms with E-state index in [1.807, 2.05) is 0 Å². The fourth-order valence-electron chi connectivity index (χ4n) is 0.0614. The maximum absolute atomic E-state index is 10.0. The van der Waals surface area contributed by atoms with Gasteiger partial charge < -0.3 is 4.29 Å². The maximum Gasteiger partial charge on any atom is 0.342 e. The number of rotatable bonds is 1. The second-order valence-electron chi connectivity index (χ2n) is 1.01. The second-order valence-corrected chi connectivity index (χ2v) is 1.82. The van der Waals surface area contributed by atoms with Crippen molar-refractivity contribution in [1.82, 2.24) is 0 Å². The molecule has 1 atom stereocenters. The monoisotopic (exact) mass is 142 g/mol. The van der Waals surface area contributed by atoms with Crippen LogP contribution in [0.4, 0.5) is 0 Å². The summed E-state index contributed by atoms with van der Waals surface area (Å²) in [5, 5.41) is -0.655. The first-order valence-corrected chi connectivity index (χ1v) is 2.39.